The number of rotatable bonds is 0. The van der Waals surface area contributed by atoms with E-state index in [2.05, 4.69) is 27.7 Å². The van der Waals surface area contributed by atoms with Crippen LogP contribution in [0.2, 0.25) is 0 Å². The minimum atomic E-state index is -0.0197. The normalized spacial score (nSPS) is 27.2. The fourth-order valence-electron chi connectivity index (χ4n) is 1.66. The van der Waals surface area contributed by atoms with Gasteiger partial charge in [-0.15, -0.1) is 0 Å². The highest BCUT2D eigenvalue weighted by molar-refractivity contribution is 4.78. The Kier molecular flexibility index (Phi) is 5.56. The third-order valence-electron chi connectivity index (χ3n) is 2.18. The summed E-state index contributed by atoms with van der Waals surface area (Å²) in [6.45, 7) is 8.71. The molecule has 1 unspecified atom stereocenters. The quantitative estimate of drug-likeness (QED) is 0.594. The molecule has 0 amide bonds. The Balaban J connectivity index is 0.000000354. The maximum Gasteiger partial charge on any atom is 0.0545 e. The van der Waals surface area contributed by atoms with Crippen molar-refractivity contribution in [3.8, 4) is 0 Å². The average Bonchev–Trinajstić information content (AvgIpc) is 1.85. The Labute approximate surface area is 77.2 Å². The molecule has 74 valence electrons. The van der Waals surface area contributed by atoms with E-state index in [9.17, 15) is 5.11 Å². The molecule has 1 atom stereocenters. The van der Waals surface area contributed by atoms with Gasteiger partial charge in [0.25, 0.3) is 0 Å². The van der Waals surface area contributed by atoms with E-state index in [1.807, 2.05) is 0 Å². The minimum absolute atomic E-state index is 0.0197. The molecule has 0 aliphatic heterocycles. The van der Waals surface area contributed by atoms with Gasteiger partial charge >= 0.3 is 0 Å². The molecule has 1 nitrogen and oxygen atoms in total. The summed E-state index contributed by atoms with van der Waals surface area (Å²) in [5, 5.41) is 9.24. The molecule has 0 aromatic carbocycles. The van der Waals surface area contributed by atoms with E-state index in [-0.39, 0.29) is 6.10 Å². The van der Waals surface area contributed by atoms with Crippen LogP contribution < -0.4 is 0 Å². The summed E-state index contributed by atoms with van der Waals surface area (Å²) in [5.41, 5.74) is 0.400. The van der Waals surface area contributed by atoms with Crippen molar-refractivity contribution in [1.29, 1.82) is 0 Å². The van der Waals surface area contributed by atoms with Crippen molar-refractivity contribution in [3.05, 3.63) is 0 Å². The Bertz CT molecular complexity index is 108. The van der Waals surface area contributed by atoms with Gasteiger partial charge in [0.1, 0.15) is 0 Å². The van der Waals surface area contributed by atoms with Crippen LogP contribution in [0.3, 0.4) is 0 Å². The topological polar surface area (TPSA) is 20.2 Å². The summed E-state index contributed by atoms with van der Waals surface area (Å²) in [6.07, 6.45) is 5.73. The standard InChI is InChI=1S/C8H16O.C3H8/c1-8(2)5-3-4-7(9)6-8;1-3-2/h7,9H,3-6H2,1-2H3;3H2,1-2H3. The number of hydrogen-bond donors (Lipinski definition) is 1. The van der Waals surface area contributed by atoms with E-state index >= 15 is 0 Å². The van der Waals surface area contributed by atoms with E-state index in [0.717, 1.165) is 12.8 Å². The fourth-order valence-corrected chi connectivity index (χ4v) is 1.66. The summed E-state index contributed by atoms with van der Waals surface area (Å²) in [6, 6.07) is 0. The van der Waals surface area contributed by atoms with Gasteiger partial charge in [-0.3, -0.25) is 0 Å². The number of aliphatic hydroxyl groups excluding tert-OH is 1. The van der Waals surface area contributed by atoms with E-state index in [1.165, 1.54) is 19.3 Å². The van der Waals surface area contributed by atoms with Crippen molar-refractivity contribution >= 4 is 0 Å². The summed E-state index contributed by atoms with van der Waals surface area (Å²) in [7, 11) is 0. The zero-order chi connectivity index (χ0) is 9.61. The summed E-state index contributed by atoms with van der Waals surface area (Å²) >= 11 is 0. The highest BCUT2D eigenvalue weighted by Crippen LogP contribution is 2.34. The van der Waals surface area contributed by atoms with Gasteiger partial charge in [0.2, 0.25) is 0 Å². The van der Waals surface area contributed by atoms with Crippen LogP contribution in [0.15, 0.2) is 0 Å². The zero-order valence-electron chi connectivity index (χ0n) is 9.06. The largest absolute Gasteiger partial charge is 0.393 e. The van der Waals surface area contributed by atoms with Crippen molar-refractivity contribution < 1.29 is 5.11 Å². The SMILES string of the molecule is CC1(C)CCCC(O)C1.CCC. The minimum Gasteiger partial charge on any atom is -0.393 e. The molecule has 0 spiro atoms. The molecule has 0 aromatic rings. The lowest BCUT2D eigenvalue weighted by molar-refractivity contribution is 0.0663. The van der Waals surface area contributed by atoms with Crippen molar-refractivity contribution in [2.45, 2.75) is 65.9 Å². The van der Waals surface area contributed by atoms with Crippen LogP contribution in [0.5, 0.6) is 0 Å². The van der Waals surface area contributed by atoms with Crippen LogP contribution in [0, 0.1) is 5.41 Å². The summed E-state index contributed by atoms with van der Waals surface area (Å²) in [5.74, 6) is 0. The third-order valence-corrected chi connectivity index (χ3v) is 2.18. The maximum absolute atomic E-state index is 9.24. The van der Waals surface area contributed by atoms with Crippen molar-refractivity contribution in [3.63, 3.8) is 0 Å². The van der Waals surface area contributed by atoms with E-state index in [1.54, 1.807) is 0 Å². The molecule has 1 N–H and O–H groups in total. The highest BCUT2D eigenvalue weighted by atomic mass is 16.3. The van der Waals surface area contributed by atoms with E-state index in [0.29, 0.717) is 5.41 Å². The van der Waals surface area contributed by atoms with Crippen LogP contribution in [-0.2, 0) is 0 Å². The lowest BCUT2D eigenvalue weighted by atomic mass is 9.76. The lowest BCUT2D eigenvalue weighted by Crippen LogP contribution is -2.25. The van der Waals surface area contributed by atoms with Gasteiger partial charge in [0.15, 0.2) is 0 Å². The smallest absolute Gasteiger partial charge is 0.0545 e. The molecular formula is C11H24O. The predicted octanol–water partition coefficient (Wildman–Crippen LogP) is 3.36. The second-order valence-corrected chi connectivity index (χ2v) is 4.62. The van der Waals surface area contributed by atoms with Gasteiger partial charge in [-0.05, 0) is 24.7 Å². The van der Waals surface area contributed by atoms with Gasteiger partial charge in [-0.1, -0.05) is 40.5 Å². The molecule has 1 saturated carbocycles. The van der Waals surface area contributed by atoms with Gasteiger partial charge in [0.05, 0.1) is 6.10 Å². The first-order valence-electron chi connectivity index (χ1n) is 5.20. The Hall–Kier alpha value is -0.0400. The van der Waals surface area contributed by atoms with E-state index < -0.39 is 0 Å². The molecule has 0 radical (unpaired) electrons. The molecule has 0 heterocycles. The molecule has 1 fully saturated rings. The highest BCUT2D eigenvalue weighted by Gasteiger charge is 2.26. The first-order chi connectivity index (χ1) is 5.52. The molecule has 12 heavy (non-hydrogen) atoms. The molecule has 1 heteroatoms. The van der Waals surface area contributed by atoms with Gasteiger partial charge in [0, 0.05) is 0 Å². The van der Waals surface area contributed by atoms with Gasteiger partial charge < -0.3 is 5.11 Å². The zero-order valence-corrected chi connectivity index (χ0v) is 9.06. The third kappa shape index (κ3) is 5.59. The average molecular weight is 172 g/mol. The number of hydrogen-bond acceptors (Lipinski definition) is 1. The monoisotopic (exact) mass is 172 g/mol. The van der Waals surface area contributed by atoms with Crippen LogP contribution in [0.25, 0.3) is 0 Å². The molecule has 0 saturated heterocycles. The Morgan fingerprint density at radius 1 is 1.33 bits per heavy atom. The molecular weight excluding hydrogens is 148 g/mol. The first kappa shape index (κ1) is 12.0. The van der Waals surface area contributed by atoms with Crippen LogP contribution in [0.1, 0.15) is 59.8 Å². The molecule has 0 aromatic heterocycles. The lowest BCUT2D eigenvalue weighted by Gasteiger charge is -2.32. The molecule has 1 aliphatic carbocycles. The van der Waals surface area contributed by atoms with Crippen LogP contribution >= 0.6 is 0 Å². The van der Waals surface area contributed by atoms with Crippen molar-refractivity contribution in [2.24, 2.45) is 5.41 Å². The second kappa shape index (κ2) is 5.58. The van der Waals surface area contributed by atoms with Gasteiger partial charge in [-0.2, -0.15) is 0 Å². The van der Waals surface area contributed by atoms with Crippen LogP contribution in [0.4, 0.5) is 0 Å². The number of aliphatic hydroxyl groups is 1. The van der Waals surface area contributed by atoms with Gasteiger partial charge in [-0.25, -0.2) is 0 Å². The van der Waals surface area contributed by atoms with E-state index in [4.69, 9.17) is 0 Å². The predicted molar refractivity (Wildman–Crippen MR) is 54.2 cm³/mol. The molecule has 1 rings (SSSR count). The first-order valence-corrected chi connectivity index (χ1v) is 5.20. The Morgan fingerprint density at radius 2 is 1.83 bits per heavy atom. The maximum atomic E-state index is 9.24. The molecule has 0 bridgehead atoms. The molecule has 1 aliphatic rings. The Morgan fingerprint density at radius 3 is 2.08 bits per heavy atom. The summed E-state index contributed by atoms with van der Waals surface area (Å²) in [4.78, 5) is 0. The van der Waals surface area contributed by atoms with Crippen molar-refractivity contribution in [2.75, 3.05) is 0 Å². The second-order valence-electron chi connectivity index (χ2n) is 4.62. The summed E-state index contributed by atoms with van der Waals surface area (Å²) < 4.78 is 0. The van der Waals surface area contributed by atoms with Crippen molar-refractivity contribution in [1.82, 2.24) is 0 Å². The fraction of sp³-hybridized carbons (Fsp3) is 1.00. The van der Waals surface area contributed by atoms with Crippen LogP contribution in [-0.4, -0.2) is 11.2 Å².